The van der Waals surface area contributed by atoms with Gasteiger partial charge in [0.2, 0.25) is 0 Å². The number of hydrogen-bond donors (Lipinski definition) is 1. The van der Waals surface area contributed by atoms with Crippen LogP contribution in [-0.4, -0.2) is 42.2 Å². The minimum atomic E-state index is -3.76. The van der Waals surface area contributed by atoms with Gasteiger partial charge in [-0.25, -0.2) is 4.79 Å². The third-order valence-corrected chi connectivity index (χ3v) is 1.93. The molecule has 0 aliphatic carbocycles. The Morgan fingerprint density at radius 2 is 2.23 bits per heavy atom. The summed E-state index contributed by atoms with van der Waals surface area (Å²) in [5.41, 5.74) is 0. The van der Waals surface area contributed by atoms with Crippen LogP contribution in [0.4, 0.5) is 8.78 Å². The fourth-order valence-electron chi connectivity index (χ4n) is 0.567. The normalized spacial score (nSPS) is 11.6. The van der Waals surface area contributed by atoms with Crippen LogP contribution < -0.4 is 0 Å². The van der Waals surface area contributed by atoms with Crippen LogP contribution in [0.2, 0.25) is 0 Å². The van der Waals surface area contributed by atoms with Crippen molar-refractivity contribution in [2.75, 3.05) is 25.2 Å². The molecule has 0 amide bonds. The van der Waals surface area contributed by atoms with Gasteiger partial charge in [0, 0.05) is 6.61 Å². The van der Waals surface area contributed by atoms with Gasteiger partial charge in [-0.3, -0.25) is 0 Å². The van der Waals surface area contributed by atoms with E-state index < -0.39 is 18.5 Å². The third-order valence-electron chi connectivity index (χ3n) is 1.23. The van der Waals surface area contributed by atoms with Crippen LogP contribution in [0.15, 0.2) is 0 Å². The minimum Gasteiger partial charge on any atom is -0.477 e. The molecule has 78 valence electrons. The highest BCUT2D eigenvalue weighted by molar-refractivity contribution is 7.98. The van der Waals surface area contributed by atoms with E-state index in [1.165, 1.54) is 0 Å². The zero-order valence-corrected chi connectivity index (χ0v) is 8.07. The fraction of sp³-hybridized carbons (Fsp3) is 0.857. The summed E-state index contributed by atoms with van der Waals surface area (Å²) in [4.78, 5) is 9.91. The van der Waals surface area contributed by atoms with Gasteiger partial charge in [0.25, 0.3) is 0 Å². The molecule has 0 bridgehead atoms. The lowest BCUT2D eigenvalue weighted by molar-refractivity contribution is -0.173. The zero-order chi connectivity index (χ0) is 10.3. The first-order valence-corrected chi connectivity index (χ1v) is 5.08. The Morgan fingerprint density at radius 3 is 2.69 bits per heavy atom. The van der Waals surface area contributed by atoms with Crippen molar-refractivity contribution in [3.8, 4) is 0 Å². The maximum atomic E-state index is 12.3. The Balaban J connectivity index is 3.46. The maximum Gasteiger partial charge on any atom is 0.377 e. The smallest absolute Gasteiger partial charge is 0.377 e. The lowest BCUT2D eigenvalue weighted by Gasteiger charge is -2.10. The van der Waals surface area contributed by atoms with Crippen molar-refractivity contribution in [1.82, 2.24) is 0 Å². The third kappa shape index (κ3) is 5.81. The van der Waals surface area contributed by atoms with E-state index in [1.54, 1.807) is 11.8 Å². The fourth-order valence-corrected chi connectivity index (χ4v) is 0.974. The molecular formula is C7H12F2O3S. The van der Waals surface area contributed by atoms with Gasteiger partial charge in [0.15, 0.2) is 0 Å². The summed E-state index contributed by atoms with van der Waals surface area (Å²) in [5.74, 6) is -5.09. The van der Waals surface area contributed by atoms with E-state index in [-0.39, 0.29) is 6.61 Å². The predicted octanol–water partition coefficient (Wildman–Crippen LogP) is 1.48. The molecule has 0 radical (unpaired) electrons. The Labute approximate surface area is 79.5 Å². The molecule has 0 saturated carbocycles. The van der Waals surface area contributed by atoms with Gasteiger partial charge in [0.1, 0.15) is 6.61 Å². The van der Waals surface area contributed by atoms with Crippen molar-refractivity contribution in [2.24, 2.45) is 0 Å². The number of thioether (sulfide) groups is 1. The van der Waals surface area contributed by atoms with Gasteiger partial charge in [-0.15, -0.1) is 0 Å². The van der Waals surface area contributed by atoms with Gasteiger partial charge >= 0.3 is 11.9 Å². The number of aliphatic carboxylic acids is 1. The largest absolute Gasteiger partial charge is 0.477 e. The molecule has 0 unspecified atom stereocenters. The summed E-state index contributed by atoms with van der Waals surface area (Å²) < 4.78 is 29.2. The highest BCUT2D eigenvalue weighted by Gasteiger charge is 2.38. The number of halogens is 2. The van der Waals surface area contributed by atoms with E-state index in [4.69, 9.17) is 5.11 Å². The first kappa shape index (κ1) is 12.6. The number of ether oxygens (including phenoxy) is 1. The zero-order valence-electron chi connectivity index (χ0n) is 7.26. The van der Waals surface area contributed by atoms with Crippen molar-refractivity contribution in [3.63, 3.8) is 0 Å². The molecule has 0 aromatic heterocycles. The van der Waals surface area contributed by atoms with Crippen LogP contribution in [-0.2, 0) is 9.53 Å². The van der Waals surface area contributed by atoms with E-state index in [0.29, 0.717) is 6.42 Å². The topological polar surface area (TPSA) is 46.5 Å². The van der Waals surface area contributed by atoms with Crippen LogP contribution in [0.25, 0.3) is 0 Å². The summed E-state index contributed by atoms with van der Waals surface area (Å²) >= 11 is 1.58. The summed E-state index contributed by atoms with van der Waals surface area (Å²) in [5, 5.41) is 8.01. The van der Waals surface area contributed by atoms with Crippen molar-refractivity contribution in [3.05, 3.63) is 0 Å². The highest BCUT2D eigenvalue weighted by atomic mass is 32.2. The van der Waals surface area contributed by atoms with Crippen LogP contribution in [0.5, 0.6) is 0 Å². The average Bonchev–Trinajstić information content (AvgIpc) is 2.03. The van der Waals surface area contributed by atoms with Crippen molar-refractivity contribution >= 4 is 17.7 Å². The number of carboxylic acids is 1. The Morgan fingerprint density at radius 1 is 1.62 bits per heavy atom. The lowest BCUT2D eigenvalue weighted by Crippen LogP contribution is -2.33. The van der Waals surface area contributed by atoms with E-state index in [9.17, 15) is 13.6 Å². The molecule has 0 aliphatic heterocycles. The molecular weight excluding hydrogens is 202 g/mol. The molecule has 0 aliphatic rings. The molecule has 6 heteroatoms. The van der Waals surface area contributed by atoms with E-state index in [2.05, 4.69) is 4.74 Å². The van der Waals surface area contributed by atoms with Crippen molar-refractivity contribution in [1.29, 1.82) is 0 Å². The average molecular weight is 214 g/mol. The molecule has 3 nitrogen and oxygen atoms in total. The molecule has 0 spiro atoms. The first-order valence-electron chi connectivity index (χ1n) is 3.68. The van der Waals surface area contributed by atoms with Crippen LogP contribution in [0.3, 0.4) is 0 Å². The molecule has 0 aromatic carbocycles. The van der Waals surface area contributed by atoms with E-state index in [1.807, 2.05) is 6.26 Å². The molecule has 0 heterocycles. The molecule has 0 atom stereocenters. The Hall–Kier alpha value is -0.360. The molecule has 0 aromatic rings. The SMILES string of the molecule is CSCCCOCC(F)(F)C(=O)O. The molecule has 0 rings (SSSR count). The summed E-state index contributed by atoms with van der Waals surface area (Å²) in [7, 11) is 0. The predicted molar refractivity (Wildman–Crippen MR) is 46.4 cm³/mol. The van der Waals surface area contributed by atoms with Crippen LogP contribution >= 0.6 is 11.8 Å². The van der Waals surface area contributed by atoms with Gasteiger partial charge in [-0.1, -0.05) is 0 Å². The number of alkyl halides is 2. The maximum absolute atomic E-state index is 12.3. The lowest BCUT2D eigenvalue weighted by atomic mass is 10.4. The van der Waals surface area contributed by atoms with Gasteiger partial charge < -0.3 is 9.84 Å². The van der Waals surface area contributed by atoms with Crippen molar-refractivity contribution < 1.29 is 23.4 Å². The monoisotopic (exact) mass is 214 g/mol. The molecule has 1 N–H and O–H groups in total. The quantitative estimate of drug-likeness (QED) is 0.652. The molecule has 0 saturated heterocycles. The summed E-state index contributed by atoms with van der Waals surface area (Å²) in [6.07, 6.45) is 2.54. The van der Waals surface area contributed by atoms with Gasteiger partial charge in [-0.2, -0.15) is 20.5 Å². The second-order valence-electron chi connectivity index (χ2n) is 2.41. The number of rotatable bonds is 7. The second-order valence-corrected chi connectivity index (χ2v) is 3.39. The number of hydrogen-bond acceptors (Lipinski definition) is 3. The Bertz CT molecular complexity index is 164. The van der Waals surface area contributed by atoms with Gasteiger partial charge in [0.05, 0.1) is 0 Å². The van der Waals surface area contributed by atoms with Crippen LogP contribution in [0.1, 0.15) is 6.42 Å². The van der Waals surface area contributed by atoms with E-state index in [0.717, 1.165) is 5.75 Å². The van der Waals surface area contributed by atoms with Crippen molar-refractivity contribution in [2.45, 2.75) is 12.3 Å². The Kier molecular flexibility index (Phi) is 5.98. The first-order chi connectivity index (χ1) is 6.00. The minimum absolute atomic E-state index is 0.170. The molecule has 0 fully saturated rings. The van der Waals surface area contributed by atoms with Gasteiger partial charge in [-0.05, 0) is 18.4 Å². The summed E-state index contributed by atoms with van der Waals surface area (Å²) in [6.45, 7) is -0.875. The van der Waals surface area contributed by atoms with Crippen LogP contribution in [0, 0.1) is 0 Å². The highest BCUT2D eigenvalue weighted by Crippen LogP contribution is 2.13. The van der Waals surface area contributed by atoms with E-state index >= 15 is 0 Å². The number of carbonyl (C=O) groups is 1. The summed E-state index contributed by atoms with van der Waals surface area (Å²) in [6, 6.07) is 0. The molecule has 13 heavy (non-hydrogen) atoms. The number of carboxylic acid groups (broad SMARTS) is 1. The standard InChI is InChI=1S/C7H12F2O3S/c1-13-4-2-3-12-5-7(8,9)6(10)11/h2-5H2,1H3,(H,10,11). The second kappa shape index (κ2) is 6.15.